The highest BCUT2D eigenvalue weighted by atomic mass is 15.0. The Kier molecular flexibility index (Phi) is 4.83. The zero-order valence-electron chi connectivity index (χ0n) is 21.6. The molecule has 0 bridgehead atoms. The van der Waals surface area contributed by atoms with E-state index in [4.69, 9.17) is 0 Å². The van der Waals surface area contributed by atoms with E-state index in [-0.39, 0.29) is 0 Å². The predicted octanol–water partition coefficient (Wildman–Crippen LogP) is 8.39. The van der Waals surface area contributed by atoms with E-state index in [1.807, 2.05) is 24.8 Å². The van der Waals surface area contributed by atoms with Crippen molar-refractivity contribution in [1.29, 1.82) is 0 Å². The Morgan fingerprint density at radius 2 is 1.21 bits per heavy atom. The highest BCUT2D eigenvalue weighted by Gasteiger charge is 2.21. The second-order valence-corrected chi connectivity index (χ2v) is 10.5. The molecule has 0 aliphatic heterocycles. The monoisotopic (exact) mass is 502 g/mol. The molecular weight excluding hydrogens is 476 g/mol. The second-order valence-electron chi connectivity index (χ2n) is 10.5. The minimum atomic E-state index is 0.550. The first-order valence-corrected chi connectivity index (χ1v) is 13.5. The molecule has 1 aliphatic rings. The Morgan fingerprint density at radius 3 is 1.92 bits per heavy atom. The van der Waals surface area contributed by atoms with Gasteiger partial charge in [-0.15, -0.1) is 0 Å². The number of nitrogens with zero attached hydrogens (tertiary/aromatic N) is 4. The summed E-state index contributed by atoms with van der Waals surface area (Å²) in [5, 5.41) is 3.77. The standard InChI is InChI=1S/C35H26N4/c1-23-6-15-33-31(20-23)30-17-19-37-22-35(30)39(33)27-13-9-25(10-14-27)24-7-11-26(12-8-24)38-32-5-3-2-4-28(32)29-16-18-36-21-34(29)38/h2-19,21-23H,20H2,1H3. The van der Waals surface area contributed by atoms with Gasteiger partial charge >= 0.3 is 0 Å². The van der Waals surface area contributed by atoms with Crippen molar-refractivity contribution in [1.82, 2.24) is 19.1 Å². The van der Waals surface area contributed by atoms with E-state index >= 15 is 0 Å². The quantitative estimate of drug-likeness (QED) is 0.243. The lowest BCUT2D eigenvalue weighted by atomic mass is 9.93. The van der Waals surface area contributed by atoms with Crippen molar-refractivity contribution in [2.24, 2.45) is 5.92 Å². The minimum absolute atomic E-state index is 0.550. The van der Waals surface area contributed by atoms with Crippen molar-refractivity contribution in [2.45, 2.75) is 13.3 Å². The van der Waals surface area contributed by atoms with E-state index in [0.717, 1.165) is 23.3 Å². The van der Waals surface area contributed by atoms with E-state index in [1.165, 1.54) is 49.6 Å². The average Bonchev–Trinajstić information content (AvgIpc) is 3.50. The zero-order chi connectivity index (χ0) is 25.9. The second kappa shape index (κ2) is 8.53. The number of hydrogen-bond donors (Lipinski definition) is 0. The van der Waals surface area contributed by atoms with Gasteiger partial charge in [-0.05, 0) is 77.6 Å². The van der Waals surface area contributed by atoms with Crippen molar-refractivity contribution in [3.05, 3.63) is 127 Å². The van der Waals surface area contributed by atoms with Gasteiger partial charge in [0.05, 0.1) is 28.9 Å². The Morgan fingerprint density at radius 1 is 0.615 bits per heavy atom. The van der Waals surface area contributed by atoms with E-state index in [9.17, 15) is 0 Å². The van der Waals surface area contributed by atoms with E-state index in [1.54, 1.807) is 0 Å². The number of rotatable bonds is 3. The minimum Gasteiger partial charge on any atom is -0.308 e. The largest absolute Gasteiger partial charge is 0.308 e. The first-order valence-electron chi connectivity index (χ1n) is 13.5. The molecule has 4 aromatic heterocycles. The summed E-state index contributed by atoms with van der Waals surface area (Å²) < 4.78 is 4.65. The SMILES string of the molecule is CC1C=Cc2c(c3ccncc3n2-c2ccc(-c3ccc(-n4c5ccccc5c5ccncc54)cc3)cc2)C1. The molecule has 0 amide bonds. The number of para-hydroxylation sites is 1. The molecule has 1 aliphatic carbocycles. The Labute approximate surface area is 226 Å². The van der Waals surface area contributed by atoms with Gasteiger partial charge in [-0.1, -0.05) is 55.5 Å². The van der Waals surface area contributed by atoms with Gasteiger partial charge in [-0.3, -0.25) is 9.97 Å². The fourth-order valence-electron chi connectivity index (χ4n) is 6.24. The third kappa shape index (κ3) is 3.38. The molecular formula is C35H26N4. The molecule has 0 N–H and O–H groups in total. The zero-order valence-corrected chi connectivity index (χ0v) is 21.6. The van der Waals surface area contributed by atoms with Crippen LogP contribution in [0.4, 0.5) is 0 Å². The smallest absolute Gasteiger partial charge is 0.0724 e. The van der Waals surface area contributed by atoms with Crippen molar-refractivity contribution >= 4 is 38.8 Å². The van der Waals surface area contributed by atoms with Gasteiger partial charge in [-0.25, -0.2) is 0 Å². The first kappa shape index (κ1) is 22.1. The van der Waals surface area contributed by atoms with Gasteiger partial charge in [0.15, 0.2) is 0 Å². The number of allylic oxidation sites excluding steroid dienone is 1. The van der Waals surface area contributed by atoms with E-state index in [0.29, 0.717) is 5.92 Å². The maximum Gasteiger partial charge on any atom is 0.0724 e. The van der Waals surface area contributed by atoms with Gasteiger partial charge in [0, 0.05) is 45.6 Å². The summed E-state index contributed by atoms with van der Waals surface area (Å²) in [6.45, 7) is 2.28. The van der Waals surface area contributed by atoms with Crippen molar-refractivity contribution in [3.63, 3.8) is 0 Å². The van der Waals surface area contributed by atoms with Gasteiger partial charge < -0.3 is 9.13 Å². The van der Waals surface area contributed by atoms with Gasteiger partial charge in [0.1, 0.15) is 0 Å². The molecule has 0 spiro atoms. The fourth-order valence-corrected chi connectivity index (χ4v) is 6.24. The number of pyridine rings is 2. The molecule has 186 valence electrons. The summed E-state index contributed by atoms with van der Waals surface area (Å²) in [7, 11) is 0. The van der Waals surface area contributed by atoms with Crippen molar-refractivity contribution in [2.75, 3.05) is 0 Å². The Bertz CT molecular complexity index is 1990. The lowest BCUT2D eigenvalue weighted by Crippen LogP contribution is -2.05. The molecule has 0 fully saturated rings. The van der Waals surface area contributed by atoms with Crippen LogP contribution in [0.15, 0.2) is 116 Å². The molecule has 4 nitrogen and oxygen atoms in total. The van der Waals surface area contributed by atoms with Crippen LogP contribution in [0.25, 0.3) is 61.3 Å². The third-order valence-electron chi connectivity index (χ3n) is 8.09. The highest BCUT2D eigenvalue weighted by molar-refractivity contribution is 6.08. The molecule has 4 heterocycles. The summed E-state index contributed by atoms with van der Waals surface area (Å²) >= 11 is 0. The number of benzene rings is 3. The molecule has 8 rings (SSSR count). The number of fused-ring (bicyclic) bond motifs is 6. The van der Waals surface area contributed by atoms with E-state index < -0.39 is 0 Å². The van der Waals surface area contributed by atoms with Crippen LogP contribution in [0, 0.1) is 5.92 Å². The summed E-state index contributed by atoms with van der Waals surface area (Å²) in [5.41, 5.74) is 10.9. The summed E-state index contributed by atoms with van der Waals surface area (Å²) in [6, 6.07) is 30.5. The van der Waals surface area contributed by atoms with Crippen molar-refractivity contribution < 1.29 is 0 Å². The molecule has 3 aromatic carbocycles. The van der Waals surface area contributed by atoms with Gasteiger partial charge in [0.25, 0.3) is 0 Å². The van der Waals surface area contributed by atoms with E-state index in [2.05, 4.69) is 123 Å². The van der Waals surface area contributed by atoms with Crippen molar-refractivity contribution in [3.8, 4) is 22.5 Å². The molecule has 7 aromatic rings. The lowest BCUT2D eigenvalue weighted by molar-refractivity contribution is 0.718. The van der Waals surface area contributed by atoms with Gasteiger partial charge in [-0.2, -0.15) is 0 Å². The lowest BCUT2D eigenvalue weighted by Gasteiger charge is -2.16. The summed E-state index contributed by atoms with van der Waals surface area (Å²) in [4.78, 5) is 8.85. The molecule has 1 unspecified atom stereocenters. The average molecular weight is 503 g/mol. The van der Waals surface area contributed by atoms with Crippen LogP contribution in [0.3, 0.4) is 0 Å². The topological polar surface area (TPSA) is 35.6 Å². The van der Waals surface area contributed by atoms with Crippen LogP contribution in [0.2, 0.25) is 0 Å². The van der Waals surface area contributed by atoms with Crippen LogP contribution < -0.4 is 0 Å². The normalized spacial score (nSPS) is 14.8. The summed E-state index contributed by atoms with van der Waals surface area (Å²) in [5.74, 6) is 0.550. The summed E-state index contributed by atoms with van der Waals surface area (Å²) in [6.07, 6.45) is 13.4. The van der Waals surface area contributed by atoms with Crippen LogP contribution in [0.1, 0.15) is 18.2 Å². The maximum absolute atomic E-state index is 4.44. The first-order chi connectivity index (χ1) is 19.3. The molecule has 0 radical (unpaired) electrons. The molecule has 39 heavy (non-hydrogen) atoms. The Hall–Kier alpha value is -4.96. The molecule has 0 saturated carbocycles. The number of aromatic nitrogens is 4. The number of hydrogen-bond acceptors (Lipinski definition) is 2. The third-order valence-corrected chi connectivity index (χ3v) is 8.09. The van der Waals surface area contributed by atoms with Crippen LogP contribution >= 0.6 is 0 Å². The molecule has 0 saturated heterocycles. The highest BCUT2D eigenvalue weighted by Crippen LogP contribution is 2.36. The Balaban J connectivity index is 1.18. The molecule has 4 heteroatoms. The van der Waals surface area contributed by atoms with Crippen LogP contribution in [-0.4, -0.2) is 19.1 Å². The maximum atomic E-state index is 4.44. The fraction of sp³-hybridized carbons (Fsp3) is 0.0857. The molecule has 1 atom stereocenters. The van der Waals surface area contributed by atoms with Gasteiger partial charge in [0.2, 0.25) is 0 Å². The van der Waals surface area contributed by atoms with Crippen LogP contribution in [0.5, 0.6) is 0 Å². The van der Waals surface area contributed by atoms with Crippen LogP contribution in [-0.2, 0) is 6.42 Å². The predicted molar refractivity (Wildman–Crippen MR) is 161 cm³/mol.